The van der Waals surface area contributed by atoms with Crippen molar-refractivity contribution in [3.05, 3.63) is 32.8 Å². The summed E-state index contributed by atoms with van der Waals surface area (Å²) in [6.07, 6.45) is -1.07. The molecule has 0 aliphatic rings. The number of halogens is 1. The molecule has 0 unspecified atom stereocenters. The first-order valence-electron chi connectivity index (χ1n) is 4.25. The van der Waals surface area contributed by atoms with E-state index in [-0.39, 0.29) is 11.4 Å². The highest BCUT2D eigenvalue weighted by molar-refractivity contribution is 9.10. The van der Waals surface area contributed by atoms with Gasteiger partial charge >= 0.3 is 5.97 Å². The molecule has 1 aromatic carbocycles. The fraction of sp³-hybridized carbons (Fsp3) is 0.222. The highest BCUT2D eigenvalue weighted by Crippen LogP contribution is 2.29. The SMILES string of the molecule is C[C@H](Oc1cc([N+](=O)[O-])ccc1Br)C(=O)O. The zero-order valence-electron chi connectivity index (χ0n) is 8.21. The van der Waals surface area contributed by atoms with Gasteiger partial charge in [-0.1, -0.05) is 0 Å². The Balaban J connectivity index is 2.98. The van der Waals surface area contributed by atoms with Crippen LogP contribution in [0.5, 0.6) is 5.75 Å². The number of carboxylic acid groups (broad SMARTS) is 1. The van der Waals surface area contributed by atoms with E-state index >= 15 is 0 Å². The average Bonchev–Trinajstić information content (AvgIpc) is 2.20. The minimum absolute atomic E-state index is 0.129. The molecule has 0 bridgehead atoms. The van der Waals surface area contributed by atoms with E-state index in [9.17, 15) is 14.9 Å². The Morgan fingerprint density at radius 3 is 2.75 bits per heavy atom. The van der Waals surface area contributed by atoms with Gasteiger partial charge in [0.15, 0.2) is 6.10 Å². The summed E-state index contributed by atoms with van der Waals surface area (Å²) in [4.78, 5) is 20.5. The zero-order valence-corrected chi connectivity index (χ0v) is 9.80. The summed E-state index contributed by atoms with van der Waals surface area (Å²) in [7, 11) is 0. The molecule has 1 atom stereocenters. The molecule has 0 amide bonds. The minimum atomic E-state index is -1.14. The lowest BCUT2D eigenvalue weighted by molar-refractivity contribution is -0.385. The van der Waals surface area contributed by atoms with Crippen molar-refractivity contribution in [3.63, 3.8) is 0 Å². The molecule has 0 radical (unpaired) electrons. The van der Waals surface area contributed by atoms with Crippen LogP contribution in [0.15, 0.2) is 22.7 Å². The molecule has 7 heteroatoms. The molecule has 1 aromatic rings. The Labute approximate surface area is 99.1 Å². The Hall–Kier alpha value is -1.63. The van der Waals surface area contributed by atoms with Crippen molar-refractivity contribution >= 4 is 27.6 Å². The first-order chi connectivity index (χ1) is 7.41. The van der Waals surface area contributed by atoms with Gasteiger partial charge in [0.2, 0.25) is 0 Å². The van der Waals surface area contributed by atoms with Crippen LogP contribution >= 0.6 is 15.9 Å². The van der Waals surface area contributed by atoms with E-state index in [1.807, 2.05) is 0 Å². The molecule has 16 heavy (non-hydrogen) atoms. The first-order valence-corrected chi connectivity index (χ1v) is 5.04. The van der Waals surface area contributed by atoms with Crippen LogP contribution in [0, 0.1) is 10.1 Å². The number of benzene rings is 1. The molecule has 0 fully saturated rings. The van der Waals surface area contributed by atoms with Crippen LogP contribution < -0.4 is 4.74 Å². The van der Waals surface area contributed by atoms with Gasteiger partial charge in [-0.05, 0) is 28.9 Å². The van der Waals surface area contributed by atoms with Crippen LogP contribution in [0.4, 0.5) is 5.69 Å². The Kier molecular flexibility index (Phi) is 3.83. The molecule has 1 N–H and O–H groups in total. The maximum Gasteiger partial charge on any atom is 0.344 e. The highest BCUT2D eigenvalue weighted by Gasteiger charge is 2.16. The highest BCUT2D eigenvalue weighted by atomic mass is 79.9. The van der Waals surface area contributed by atoms with E-state index < -0.39 is 17.0 Å². The van der Waals surface area contributed by atoms with Gasteiger partial charge in [0.05, 0.1) is 15.5 Å². The third-order valence-electron chi connectivity index (χ3n) is 1.78. The van der Waals surface area contributed by atoms with Crippen molar-refractivity contribution in [3.8, 4) is 5.75 Å². The number of nitro benzene ring substituents is 1. The lowest BCUT2D eigenvalue weighted by Crippen LogP contribution is -2.23. The molecule has 0 aromatic heterocycles. The predicted octanol–water partition coefficient (Wildman–Crippen LogP) is 2.21. The van der Waals surface area contributed by atoms with Gasteiger partial charge in [0, 0.05) is 6.07 Å². The quantitative estimate of drug-likeness (QED) is 0.678. The fourth-order valence-corrected chi connectivity index (χ4v) is 1.28. The zero-order chi connectivity index (χ0) is 12.3. The second-order valence-electron chi connectivity index (χ2n) is 2.97. The topological polar surface area (TPSA) is 89.7 Å². The molecule has 0 heterocycles. The third-order valence-corrected chi connectivity index (χ3v) is 2.43. The summed E-state index contributed by atoms with van der Waals surface area (Å²) in [5.41, 5.74) is -0.157. The summed E-state index contributed by atoms with van der Waals surface area (Å²) in [5.74, 6) is -1.01. The van der Waals surface area contributed by atoms with Crippen LogP contribution in [-0.4, -0.2) is 22.1 Å². The number of aliphatic carboxylic acids is 1. The maximum atomic E-state index is 10.6. The minimum Gasteiger partial charge on any atom is -0.479 e. The summed E-state index contributed by atoms with van der Waals surface area (Å²) < 4.78 is 5.51. The van der Waals surface area contributed by atoms with E-state index in [1.54, 1.807) is 0 Å². The molecule has 6 nitrogen and oxygen atoms in total. The normalized spacial score (nSPS) is 11.9. The van der Waals surface area contributed by atoms with E-state index in [4.69, 9.17) is 9.84 Å². The van der Waals surface area contributed by atoms with Gasteiger partial charge < -0.3 is 9.84 Å². The predicted molar refractivity (Wildman–Crippen MR) is 58.5 cm³/mol. The van der Waals surface area contributed by atoms with Gasteiger partial charge in [0.25, 0.3) is 5.69 Å². The monoisotopic (exact) mass is 289 g/mol. The first kappa shape index (κ1) is 12.4. The van der Waals surface area contributed by atoms with Crippen LogP contribution in [-0.2, 0) is 4.79 Å². The molecule has 86 valence electrons. The van der Waals surface area contributed by atoms with Crippen molar-refractivity contribution in [1.29, 1.82) is 0 Å². The fourth-order valence-electron chi connectivity index (χ4n) is 0.937. The number of nitrogens with zero attached hydrogens (tertiary/aromatic N) is 1. The molecule has 0 saturated heterocycles. The van der Waals surface area contributed by atoms with Gasteiger partial charge in [0.1, 0.15) is 5.75 Å². The van der Waals surface area contributed by atoms with Crippen LogP contribution in [0.2, 0.25) is 0 Å². The summed E-state index contributed by atoms with van der Waals surface area (Å²) >= 11 is 3.12. The van der Waals surface area contributed by atoms with Gasteiger partial charge in [-0.25, -0.2) is 4.79 Å². The van der Waals surface area contributed by atoms with Crippen LogP contribution in [0.25, 0.3) is 0 Å². The Morgan fingerprint density at radius 1 is 1.62 bits per heavy atom. The van der Waals surface area contributed by atoms with E-state index in [1.165, 1.54) is 25.1 Å². The molecular formula is C9H8BrNO5. The van der Waals surface area contributed by atoms with E-state index in [0.29, 0.717) is 4.47 Å². The number of ether oxygens (including phenoxy) is 1. The van der Waals surface area contributed by atoms with E-state index in [2.05, 4.69) is 15.9 Å². The van der Waals surface area contributed by atoms with Crippen molar-refractivity contribution in [2.24, 2.45) is 0 Å². The maximum absolute atomic E-state index is 10.6. The lowest BCUT2D eigenvalue weighted by Gasteiger charge is -2.11. The average molecular weight is 290 g/mol. The summed E-state index contributed by atoms with van der Waals surface area (Å²) in [6, 6.07) is 3.90. The molecule has 0 aliphatic heterocycles. The van der Waals surface area contributed by atoms with Crippen LogP contribution in [0.1, 0.15) is 6.92 Å². The molecule has 0 saturated carbocycles. The van der Waals surface area contributed by atoms with Gasteiger partial charge in [-0.15, -0.1) is 0 Å². The molecule has 1 rings (SSSR count). The van der Waals surface area contributed by atoms with E-state index in [0.717, 1.165) is 0 Å². The van der Waals surface area contributed by atoms with Gasteiger partial charge in [-0.3, -0.25) is 10.1 Å². The van der Waals surface area contributed by atoms with Crippen molar-refractivity contribution in [1.82, 2.24) is 0 Å². The Bertz CT molecular complexity index is 434. The smallest absolute Gasteiger partial charge is 0.344 e. The third kappa shape index (κ3) is 2.93. The Morgan fingerprint density at radius 2 is 2.25 bits per heavy atom. The molecule has 0 aliphatic carbocycles. The van der Waals surface area contributed by atoms with Crippen molar-refractivity contribution in [2.45, 2.75) is 13.0 Å². The number of carbonyl (C=O) groups is 1. The second kappa shape index (κ2) is 4.93. The van der Waals surface area contributed by atoms with Gasteiger partial charge in [-0.2, -0.15) is 0 Å². The number of carboxylic acids is 1. The number of nitro groups is 1. The van der Waals surface area contributed by atoms with Crippen molar-refractivity contribution < 1.29 is 19.6 Å². The molecular weight excluding hydrogens is 282 g/mol. The number of hydrogen-bond donors (Lipinski definition) is 1. The lowest BCUT2D eigenvalue weighted by atomic mass is 10.3. The summed E-state index contributed by atoms with van der Waals surface area (Å²) in [5, 5.41) is 19.1. The van der Waals surface area contributed by atoms with Crippen LogP contribution in [0.3, 0.4) is 0 Å². The standard InChI is InChI=1S/C9H8BrNO5/c1-5(9(12)13)16-8-4-6(11(14)15)2-3-7(8)10/h2-5H,1H3,(H,12,13)/t5-/m0/s1. The number of non-ortho nitro benzene ring substituents is 1. The molecule has 0 spiro atoms. The summed E-state index contributed by atoms with van der Waals surface area (Å²) in [6.45, 7) is 1.34. The largest absolute Gasteiger partial charge is 0.479 e. The number of rotatable bonds is 4. The number of hydrogen-bond acceptors (Lipinski definition) is 4. The second-order valence-corrected chi connectivity index (χ2v) is 3.82. The van der Waals surface area contributed by atoms with Crippen molar-refractivity contribution in [2.75, 3.05) is 0 Å².